The van der Waals surface area contributed by atoms with Crippen LogP contribution in [0.15, 0.2) is 22.7 Å². The SMILES string of the molecule is CC1CC(C)CC(Nc2cc(C(F)(F)F)ccc2Br)C1. The van der Waals surface area contributed by atoms with Crippen LogP contribution in [0, 0.1) is 11.8 Å². The lowest BCUT2D eigenvalue weighted by atomic mass is 9.80. The van der Waals surface area contributed by atoms with Crippen molar-refractivity contribution in [3.05, 3.63) is 28.2 Å². The molecule has 1 aromatic rings. The molecule has 20 heavy (non-hydrogen) atoms. The van der Waals surface area contributed by atoms with E-state index in [1.54, 1.807) is 0 Å². The van der Waals surface area contributed by atoms with E-state index >= 15 is 0 Å². The molecule has 0 bridgehead atoms. The van der Waals surface area contributed by atoms with E-state index in [0.717, 1.165) is 18.9 Å². The van der Waals surface area contributed by atoms with Crippen LogP contribution in [0.25, 0.3) is 0 Å². The van der Waals surface area contributed by atoms with Gasteiger partial charge in [-0.3, -0.25) is 0 Å². The molecule has 1 aliphatic rings. The first-order chi connectivity index (χ1) is 9.25. The lowest BCUT2D eigenvalue weighted by Gasteiger charge is -2.33. The quantitative estimate of drug-likeness (QED) is 0.721. The molecule has 1 N–H and O–H groups in total. The average Bonchev–Trinajstić information content (AvgIpc) is 2.29. The minimum Gasteiger partial charge on any atom is -0.381 e. The van der Waals surface area contributed by atoms with Crippen molar-refractivity contribution in [3.63, 3.8) is 0 Å². The fraction of sp³-hybridized carbons (Fsp3) is 0.600. The van der Waals surface area contributed by atoms with Crippen molar-refractivity contribution in [2.24, 2.45) is 11.8 Å². The highest BCUT2D eigenvalue weighted by molar-refractivity contribution is 9.10. The second-order valence-electron chi connectivity index (χ2n) is 5.95. The van der Waals surface area contributed by atoms with Crippen LogP contribution in [0.2, 0.25) is 0 Å². The maximum absolute atomic E-state index is 12.8. The Bertz CT molecular complexity index is 463. The van der Waals surface area contributed by atoms with E-state index in [0.29, 0.717) is 22.0 Å². The number of nitrogens with one attached hydrogen (secondary N) is 1. The zero-order valence-corrected chi connectivity index (χ0v) is 13.2. The van der Waals surface area contributed by atoms with E-state index in [9.17, 15) is 13.2 Å². The van der Waals surface area contributed by atoms with Crippen molar-refractivity contribution in [3.8, 4) is 0 Å². The summed E-state index contributed by atoms with van der Waals surface area (Å²) in [5.74, 6) is 1.22. The van der Waals surface area contributed by atoms with E-state index in [2.05, 4.69) is 35.1 Å². The van der Waals surface area contributed by atoms with Gasteiger partial charge in [-0.1, -0.05) is 13.8 Å². The van der Waals surface area contributed by atoms with Gasteiger partial charge in [-0.25, -0.2) is 0 Å². The Morgan fingerprint density at radius 1 is 1.10 bits per heavy atom. The molecule has 0 saturated heterocycles. The first-order valence-corrected chi connectivity index (χ1v) is 7.68. The van der Waals surface area contributed by atoms with Gasteiger partial charge in [-0.15, -0.1) is 0 Å². The van der Waals surface area contributed by atoms with Crippen molar-refractivity contribution in [1.29, 1.82) is 0 Å². The Labute approximate surface area is 126 Å². The Morgan fingerprint density at radius 2 is 1.70 bits per heavy atom. The largest absolute Gasteiger partial charge is 0.416 e. The summed E-state index contributed by atoms with van der Waals surface area (Å²) in [6.45, 7) is 4.40. The smallest absolute Gasteiger partial charge is 0.381 e. The van der Waals surface area contributed by atoms with Crippen LogP contribution in [0.5, 0.6) is 0 Å². The lowest BCUT2D eigenvalue weighted by Crippen LogP contribution is -2.30. The van der Waals surface area contributed by atoms with E-state index in [4.69, 9.17) is 0 Å². The van der Waals surface area contributed by atoms with Gasteiger partial charge >= 0.3 is 6.18 Å². The molecule has 5 heteroatoms. The summed E-state index contributed by atoms with van der Waals surface area (Å²) >= 11 is 3.32. The summed E-state index contributed by atoms with van der Waals surface area (Å²) in [6.07, 6.45) is -1.09. The monoisotopic (exact) mass is 349 g/mol. The zero-order valence-electron chi connectivity index (χ0n) is 11.6. The molecule has 0 heterocycles. The molecular weight excluding hydrogens is 331 g/mol. The number of alkyl halides is 3. The number of halogens is 4. The number of anilines is 1. The first-order valence-electron chi connectivity index (χ1n) is 6.89. The van der Waals surface area contributed by atoms with Crippen molar-refractivity contribution in [2.75, 3.05) is 5.32 Å². The minimum atomic E-state index is -4.30. The molecule has 1 fully saturated rings. The number of hydrogen-bond donors (Lipinski definition) is 1. The molecular formula is C15H19BrF3N. The molecule has 1 aliphatic carbocycles. The second kappa shape index (κ2) is 5.96. The van der Waals surface area contributed by atoms with Gasteiger partial charge in [0.15, 0.2) is 0 Å². The highest BCUT2D eigenvalue weighted by atomic mass is 79.9. The van der Waals surface area contributed by atoms with Crippen molar-refractivity contribution in [2.45, 2.75) is 45.3 Å². The molecule has 0 aromatic heterocycles. The van der Waals surface area contributed by atoms with Crippen LogP contribution < -0.4 is 5.32 Å². The van der Waals surface area contributed by atoms with Crippen molar-refractivity contribution >= 4 is 21.6 Å². The summed E-state index contributed by atoms with van der Waals surface area (Å²) in [6, 6.07) is 3.99. The average molecular weight is 350 g/mol. The summed E-state index contributed by atoms with van der Waals surface area (Å²) in [5.41, 5.74) is -0.0776. The van der Waals surface area contributed by atoms with Crippen molar-refractivity contribution < 1.29 is 13.2 Å². The van der Waals surface area contributed by atoms with Gasteiger partial charge < -0.3 is 5.32 Å². The first kappa shape index (κ1) is 15.7. The van der Waals surface area contributed by atoms with Gasteiger partial charge in [0.05, 0.1) is 5.56 Å². The van der Waals surface area contributed by atoms with Gasteiger partial charge in [-0.05, 0) is 65.2 Å². The third kappa shape index (κ3) is 3.90. The summed E-state index contributed by atoms with van der Waals surface area (Å²) in [4.78, 5) is 0. The van der Waals surface area contributed by atoms with Gasteiger partial charge in [0.2, 0.25) is 0 Å². The molecule has 112 valence electrons. The van der Waals surface area contributed by atoms with Gasteiger partial charge in [-0.2, -0.15) is 13.2 Å². The molecule has 0 aliphatic heterocycles. The Kier molecular flexibility index (Phi) is 4.67. The highest BCUT2D eigenvalue weighted by Gasteiger charge is 2.31. The van der Waals surface area contributed by atoms with E-state index < -0.39 is 11.7 Å². The topological polar surface area (TPSA) is 12.0 Å². The lowest BCUT2D eigenvalue weighted by molar-refractivity contribution is -0.137. The molecule has 2 rings (SSSR count). The van der Waals surface area contributed by atoms with Crippen LogP contribution >= 0.6 is 15.9 Å². The molecule has 2 unspecified atom stereocenters. The number of benzene rings is 1. The minimum absolute atomic E-state index is 0.244. The Balaban J connectivity index is 2.16. The normalized spacial score (nSPS) is 27.4. The molecule has 0 radical (unpaired) electrons. The zero-order chi connectivity index (χ0) is 14.9. The highest BCUT2D eigenvalue weighted by Crippen LogP contribution is 2.36. The summed E-state index contributed by atoms with van der Waals surface area (Å²) in [7, 11) is 0. The van der Waals surface area contributed by atoms with Crippen molar-refractivity contribution in [1.82, 2.24) is 0 Å². The summed E-state index contributed by atoms with van der Waals surface area (Å²) < 4.78 is 39.0. The third-order valence-corrected chi connectivity index (χ3v) is 4.52. The maximum atomic E-state index is 12.8. The summed E-state index contributed by atoms with van der Waals surface area (Å²) in [5, 5.41) is 3.28. The molecule has 0 spiro atoms. The maximum Gasteiger partial charge on any atom is 0.416 e. The van der Waals surface area contributed by atoms with Gasteiger partial charge in [0, 0.05) is 16.2 Å². The molecule has 2 atom stereocenters. The number of hydrogen-bond acceptors (Lipinski definition) is 1. The second-order valence-corrected chi connectivity index (χ2v) is 6.81. The molecule has 1 nitrogen and oxygen atoms in total. The Morgan fingerprint density at radius 3 is 2.25 bits per heavy atom. The van der Waals surface area contributed by atoms with E-state index in [1.807, 2.05) is 0 Å². The number of rotatable bonds is 2. The Hall–Kier alpha value is -0.710. The van der Waals surface area contributed by atoms with Crippen LogP contribution in [0.4, 0.5) is 18.9 Å². The van der Waals surface area contributed by atoms with Gasteiger partial charge in [0.25, 0.3) is 0 Å². The van der Waals surface area contributed by atoms with Crippen LogP contribution in [-0.4, -0.2) is 6.04 Å². The predicted molar refractivity (Wildman–Crippen MR) is 78.7 cm³/mol. The molecule has 1 aromatic carbocycles. The van der Waals surface area contributed by atoms with Gasteiger partial charge in [0.1, 0.15) is 0 Å². The fourth-order valence-corrected chi connectivity index (χ4v) is 3.46. The fourth-order valence-electron chi connectivity index (χ4n) is 3.10. The van der Waals surface area contributed by atoms with E-state index in [-0.39, 0.29) is 6.04 Å². The molecule has 1 saturated carbocycles. The van der Waals surface area contributed by atoms with Crippen LogP contribution in [0.1, 0.15) is 38.7 Å². The molecule has 0 amide bonds. The third-order valence-electron chi connectivity index (χ3n) is 3.83. The standard InChI is InChI=1S/C15H19BrF3N/c1-9-5-10(2)7-12(6-9)20-14-8-11(15(17,18)19)3-4-13(14)16/h3-4,8-10,12,20H,5-7H2,1-2H3. The van der Waals surface area contributed by atoms with Crippen LogP contribution in [0.3, 0.4) is 0 Å². The van der Waals surface area contributed by atoms with Crippen LogP contribution in [-0.2, 0) is 6.18 Å². The predicted octanol–water partition coefficient (Wildman–Crippen LogP) is 5.70. The van der Waals surface area contributed by atoms with E-state index in [1.165, 1.54) is 18.6 Å².